The highest BCUT2D eigenvalue weighted by atomic mass is 35.5. The van der Waals surface area contributed by atoms with Crippen molar-refractivity contribution in [3.05, 3.63) is 47.3 Å². The van der Waals surface area contributed by atoms with Gasteiger partial charge in [-0.25, -0.2) is 9.78 Å². The molecule has 218 valence electrons. The van der Waals surface area contributed by atoms with Gasteiger partial charge in [0.15, 0.2) is 17.0 Å². The number of aliphatic hydroxyl groups excluding tert-OH is 1. The van der Waals surface area contributed by atoms with Crippen molar-refractivity contribution in [1.29, 1.82) is 0 Å². The molecule has 0 bridgehead atoms. The molecule has 2 fully saturated rings. The Labute approximate surface area is 242 Å². The molecule has 5 atom stereocenters. The smallest absolute Gasteiger partial charge is 0.415 e. The van der Waals surface area contributed by atoms with E-state index in [9.17, 15) is 23.1 Å². The van der Waals surface area contributed by atoms with Crippen LogP contribution in [0, 0.1) is 23.7 Å². The molecule has 1 aromatic carbocycles. The van der Waals surface area contributed by atoms with Crippen LogP contribution in [0.25, 0.3) is 11.2 Å². The summed E-state index contributed by atoms with van der Waals surface area (Å²) in [5, 5.41) is 18.5. The van der Waals surface area contributed by atoms with Gasteiger partial charge in [0, 0.05) is 41.1 Å². The van der Waals surface area contributed by atoms with Crippen LogP contribution in [-0.4, -0.2) is 55.6 Å². The van der Waals surface area contributed by atoms with Gasteiger partial charge in [-0.2, -0.15) is 23.1 Å². The fourth-order valence-corrected chi connectivity index (χ4v) is 5.51. The third-order valence-electron chi connectivity index (χ3n) is 7.86. The molecule has 2 saturated carbocycles. The second-order valence-corrected chi connectivity index (χ2v) is 11.5. The van der Waals surface area contributed by atoms with Crippen molar-refractivity contribution in [3.63, 3.8) is 0 Å². The largest absolute Gasteiger partial charge is 0.445 e. The molecule has 4 N–H and O–H groups in total. The van der Waals surface area contributed by atoms with E-state index in [4.69, 9.17) is 21.3 Å². The van der Waals surface area contributed by atoms with Crippen molar-refractivity contribution in [1.82, 2.24) is 19.5 Å². The summed E-state index contributed by atoms with van der Waals surface area (Å²) in [4.78, 5) is 26.0. The van der Waals surface area contributed by atoms with Crippen LogP contribution in [0.2, 0.25) is 5.02 Å². The van der Waals surface area contributed by atoms with Crippen LogP contribution in [-0.2, 0) is 10.3 Å². The number of rotatable bonds is 6. The van der Waals surface area contributed by atoms with Crippen LogP contribution < -0.4 is 16.0 Å². The molecule has 2 aromatic heterocycles. The molecule has 0 radical (unpaired) electrons. The van der Waals surface area contributed by atoms with Gasteiger partial charge >= 0.3 is 12.3 Å². The van der Waals surface area contributed by atoms with Crippen LogP contribution in [0.4, 0.5) is 35.4 Å². The number of cyclic esters (lactones) is 1. The maximum atomic E-state index is 14.5. The third kappa shape index (κ3) is 4.78. The average Bonchev–Trinajstić information content (AvgIpc) is 3.80. The Balaban J connectivity index is 1.17. The van der Waals surface area contributed by atoms with E-state index in [2.05, 4.69) is 37.8 Å². The first kappa shape index (κ1) is 26.9. The number of anilines is 3. The van der Waals surface area contributed by atoms with E-state index in [1.54, 1.807) is 6.33 Å². The first-order valence-electron chi connectivity index (χ1n) is 13.6. The van der Waals surface area contributed by atoms with Gasteiger partial charge in [0.2, 0.25) is 5.95 Å². The molecule has 3 aliphatic carbocycles. The minimum atomic E-state index is -5.02. The number of imidazole rings is 1. The van der Waals surface area contributed by atoms with Gasteiger partial charge in [0.1, 0.15) is 0 Å². The summed E-state index contributed by atoms with van der Waals surface area (Å²) in [5.74, 6) is 5.40. The fraction of sp³-hybridized carbons (Fsp3) is 0.429. The van der Waals surface area contributed by atoms with Gasteiger partial charge in [-0.05, 0) is 49.8 Å². The van der Waals surface area contributed by atoms with E-state index in [1.807, 2.05) is 16.7 Å². The van der Waals surface area contributed by atoms with Gasteiger partial charge in [-0.3, -0.25) is 5.32 Å². The maximum absolute atomic E-state index is 14.5. The Morgan fingerprint density at radius 3 is 2.79 bits per heavy atom. The Hall–Kier alpha value is -4.02. The van der Waals surface area contributed by atoms with Gasteiger partial charge in [-0.15, -0.1) is 0 Å². The lowest BCUT2D eigenvalue weighted by Crippen LogP contribution is -2.49. The summed E-state index contributed by atoms with van der Waals surface area (Å²) in [7, 11) is 0. The number of halogens is 4. The standard InChI is InChI=1S/C28H25ClF3N7O3/c29-16-2-6-20-19(11-16)27(28(30,31)32,42-26(41)36-20)8-7-15-10-21(15)35-25-37-23(34-17-3-4-17)22-24(38-25)39(13-33-22)18-5-1-14(9-18)12-40/h1-2,5-6,11,13-15,17-18,21,40H,3-4,9-10,12H2,(H,36,41)(H2,34,35,37,38)/t14-,15?,18+,21?,27+/m1/s1. The molecule has 1 aliphatic heterocycles. The molecule has 42 heavy (non-hydrogen) atoms. The lowest BCUT2D eigenvalue weighted by Gasteiger charge is -2.35. The number of hydrogen-bond donors (Lipinski definition) is 4. The zero-order chi connectivity index (χ0) is 29.2. The fourth-order valence-electron chi connectivity index (χ4n) is 5.33. The normalized spacial score (nSPS) is 28.0. The molecule has 0 saturated heterocycles. The summed E-state index contributed by atoms with van der Waals surface area (Å²) >= 11 is 5.99. The number of alkyl halides is 3. The van der Waals surface area contributed by atoms with E-state index < -0.39 is 23.8 Å². The predicted molar refractivity (Wildman–Crippen MR) is 148 cm³/mol. The number of aromatic nitrogens is 4. The van der Waals surface area contributed by atoms with Crippen molar-refractivity contribution >= 4 is 46.3 Å². The van der Waals surface area contributed by atoms with Gasteiger partial charge in [0.25, 0.3) is 5.60 Å². The SMILES string of the molecule is O=C1Nc2ccc(Cl)cc2[C@@](C#CC2CC2Nc2nc(NC3CC3)c3ncn([C@H]4C=C[C@@H](CO)C4)c3n2)(C(F)(F)F)O1. The molecular weight excluding hydrogens is 575 g/mol. The molecule has 7 rings (SSSR count). The molecule has 14 heteroatoms. The summed E-state index contributed by atoms with van der Waals surface area (Å²) < 4.78 is 50.2. The Morgan fingerprint density at radius 1 is 1.21 bits per heavy atom. The molecule has 1 amide bonds. The van der Waals surface area contributed by atoms with Crippen LogP contribution in [0.5, 0.6) is 0 Å². The zero-order valence-corrected chi connectivity index (χ0v) is 22.7. The predicted octanol–water partition coefficient (Wildman–Crippen LogP) is 4.99. The number of amides is 1. The average molecular weight is 600 g/mol. The van der Waals surface area contributed by atoms with Crippen molar-refractivity contribution in [3.8, 4) is 11.8 Å². The number of hydrogen-bond acceptors (Lipinski definition) is 8. The van der Waals surface area contributed by atoms with Crippen LogP contribution >= 0.6 is 11.6 Å². The molecule has 3 aromatic rings. The number of benzene rings is 1. The van der Waals surface area contributed by atoms with E-state index in [0.29, 0.717) is 35.4 Å². The molecule has 10 nitrogen and oxygen atoms in total. The highest BCUT2D eigenvalue weighted by molar-refractivity contribution is 6.30. The topological polar surface area (TPSA) is 126 Å². The second-order valence-electron chi connectivity index (χ2n) is 11.0. The lowest BCUT2D eigenvalue weighted by atomic mass is 9.90. The van der Waals surface area contributed by atoms with Crippen LogP contribution in [0.1, 0.15) is 37.3 Å². The molecule has 2 unspecified atom stereocenters. The number of carbonyl (C=O) groups is 1. The van der Waals surface area contributed by atoms with Crippen molar-refractivity contribution < 1.29 is 27.8 Å². The molecule has 4 aliphatic rings. The van der Waals surface area contributed by atoms with Crippen molar-refractivity contribution in [2.24, 2.45) is 11.8 Å². The second kappa shape index (κ2) is 9.78. The van der Waals surface area contributed by atoms with E-state index in [0.717, 1.165) is 25.3 Å². The summed E-state index contributed by atoms with van der Waals surface area (Å²) in [6.45, 7) is 0.0595. The van der Waals surface area contributed by atoms with E-state index in [-0.39, 0.29) is 40.9 Å². The number of nitrogens with zero attached hydrogens (tertiary/aromatic N) is 4. The molecule has 0 spiro atoms. The number of nitrogens with one attached hydrogen (secondary N) is 3. The van der Waals surface area contributed by atoms with Gasteiger partial charge in [0.05, 0.1) is 18.1 Å². The molecule has 3 heterocycles. The Bertz CT molecular complexity index is 1680. The number of aliphatic hydroxyl groups is 1. The number of carbonyl (C=O) groups excluding carboxylic acids is 1. The monoisotopic (exact) mass is 599 g/mol. The minimum absolute atomic E-state index is 0.0224. The molecular formula is C28H25ClF3N7O3. The highest BCUT2D eigenvalue weighted by Gasteiger charge is 2.62. The minimum Gasteiger partial charge on any atom is -0.415 e. The van der Waals surface area contributed by atoms with Gasteiger partial charge in [-0.1, -0.05) is 29.7 Å². The number of fused-ring (bicyclic) bond motifs is 2. The van der Waals surface area contributed by atoms with Crippen molar-refractivity contribution in [2.45, 2.75) is 55.6 Å². The van der Waals surface area contributed by atoms with Crippen LogP contribution in [0.3, 0.4) is 0 Å². The Morgan fingerprint density at radius 2 is 2.05 bits per heavy atom. The number of ether oxygens (including phenoxy) is 1. The maximum Gasteiger partial charge on any atom is 0.445 e. The summed E-state index contributed by atoms with van der Waals surface area (Å²) in [6, 6.07) is 3.73. The quantitative estimate of drug-likeness (QED) is 0.231. The first-order chi connectivity index (χ1) is 20.1. The lowest BCUT2D eigenvalue weighted by molar-refractivity contribution is -0.239. The highest BCUT2D eigenvalue weighted by Crippen LogP contribution is 2.48. The third-order valence-corrected chi connectivity index (χ3v) is 8.10. The summed E-state index contributed by atoms with van der Waals surface area (Å²) in [5.41, 5.74) is -2.37. The van der Waals surface area contributed by atoms with Gasteiger partial charge < -0.3 is 25.0 Å². The van der Waals surface area contributed by atoms with E-state index >= 15 is 0 Å². The summed E-state index contributed by atoms with van der Waals surface area (Å²) in [6.07, 6.45) is 2.65. The van der Waals surface area contributed by atoms with E-state index in [1.165, 1.54) is 12.1 Å². The van der Waals surface area contributed by atoms with Crippen molar-refractivity contribution in [2.75, 3.05) is 22.6 Å². The first-order valence-corrected chi connectivity index (χ1v) is 14.0. The Kier molecular flexibility index (Phi) is 6.25. The van der Waals surface area contributed by atoms with Crippen LogP contribution in [0.15, 0.2) is 36.7 Å². The zero-order valence-electron chi connectivity index (χ0n) is 22.0. The number of allylic oxidation sites excluding steroid dienone is 1.